The highest BCUT2D eigenvalue weighted by molar-refractivity contribution is 5.82. The Hall–Kier alpha value is -3.09. The Labute approximate surface area is 151 Å². The quantitative estimate of drug-likeness (QED) is 0.766. The molecule has 7 heteroatoms. The number of carbonyl (C=O) groups excluding carboxylic acids is 2. The predicted molar refractivity (Wildman–Crippen MR) is 92.4 cm³/mol. The van der Waals surface area contributed by atoms with E-state index in [0.29, 0.717) is 12.2 Å². The van der Waals surface area contributed by atoms with E-state index in [-0.39, 0.29) is 19.3 Å². The van der Waals surface area contributed by atoms with Crippen LogP contribution in [0.25, 0.3) is 0 Å². The molecule has 136 valence electrons. The van der Waals surface area contributed by atoms with Crippen LogP contribution in [0.5, 0.6) is 5.75 Å². The molecular formula is C19H20N2O5. The number of likely N-dealkylation sites (tertiary alicyclic amines) is 1. The van der Waals surface area contributed by atoms with Gasteiger partial charge in [-0.2, -0.15) is 0 Å². The number of aromatic nitrogens is 1. The molecular weight excluding hydrogens is 336 g/mol. The first-order valence-corrected chi connectivity index (χ1v) is 8.29. The van der Waals surface area contributed by atoms with Crippen LogP contribution in [-0.4, -0.2) is 47.7 Å². The summed E-state index contributed by atoms with van der Waals surface area (Å²) in [5, 5.41) is 0. The Bertz CT molecular complexity index is 738. The molecule has 0 spiro atoms. The summed E-state index contributed by atoms with van der Waals surface area (Å²) in [5.41, 5.74) is 0.873. The highest BCUT2D eigenvalue weighted by Gasteiger charge is 2.42. The number of esters is 1. The van der Waals surface area contributed by atoms with Gasteiger partial charge >= 0.3 is 12.1 Å². The molecule has 7 nitrogen and oxygen atoms in total. The summed E-state index contributed by atoms with van der Waals surface area (Å²) < 4.78 is 16.0. The van der Waals surface area contributed by atoms with Crippen molar-refractivity contribution in [1.29, 1.82) is 0 Å². The highest BCUT2D eigenvalue weighted by Crippen LogP contribution is 2.24. The summed E-state index contributed by atoms with van der Waals surface area (Å²) in [5.74, 6) is 0.0968. The van der Waals surface area contributed by atoms with E-state index in [4.69, 9.17) is 14.2 Å². The number of pyridine rings is 1. The third-order valence-corrected chi connectivity index (χ3v) is 4.11. The average molecular weight is 356 g/mol. The second kappa shape index (κ2) is 8.33. The Morgan fingerprint density at radius 1 is 1.19 bits per heavy atom. The second-order valence-corrected chi connectivity index (χ2v) is 5.90. The summed E-state index contributed by atoms with van der Waals surface area (Å²) in [4.78, 5) is 29.9. The van der Waals surface area contributed by atoms with E-state index in [1.165, 1.54) is 12.0 Å². The minimum absolute atomic E-state index is 0.137. The van der Waals surface area contributed by atoms with E-state index in [0.717, 1.165) is 5.56 Å². The van der Waals surface area contributed by atoms with Crippen LogP contribution < -0.4 is 4.74 Å². The Kier molecular flexibility index (Phi) is 5.68. The molecule has 0 bridgehead atoms. The van der Waals surface area contributed by atoms with Crippen molar-refractivity contribution < 1.29 is 23.8 Å². The molecule has 2 heterocycles. The standard InChI is InChI=1S/C19H20N2O5/c1-24-18(22)17-10-16(26-15-8-5-9-20-11-15)12-21(17)19(23)25-13-14-6-3-2-4-7-14/h2-9,11,16-17H,10,12-13H2,1H3/t16-,17-/m0/s1. The number of nitrogens with zero attached hydrogens (tertiary/aromatic N) is 2. The smallest absolute Gasteiger partial charge is 0.410 e. The Morgan fingerprint density at radius 2 is 2.00 bits per heavy atom. The van der Waals surface area contributed by atoms with Crippen LogP contribution >= 0.6 is 0 Å². The van der Waals surface area contributed by atoms with Crippen LogP contribution in [0.2, 0.25) is 0 Å². The summed E-state index contributed by atoms with van der Waals surface area (Å²) in [6.45, 7) is 0.375. The summed E-state index contributed by atoms with van der Waals surface area (Å²) in [7, 11) is 1.30. The predicted octanol–water partition coefficient (Wildman–Crippen LogP) is 2.41. The number of hydrogen-bond donors (Lipinski definition) is 0. The third-order valence-electron chi connectivity index (χ3n) is 4.11. The molecule has 0 radical (unpaired) electrons. The maximum Gasteiger partial charge on any atom is 0.410 e. The first kappa shape index (κ1) is 17.7. The van der Waals surface area contributed by atoms with Crippen molar-refractivity contribution in [1.82, 2.24) is 9.88 Å². The van der Waals surface area contributed by atoms with Gasteiger partial charge in [0.25, 0.3) is 0 Å². The molecule has 1 aliphatic rings. The highest BCUT2D eigenvalue weighted by atomic mass is 16.6. The number of amides is 1. The lowest BCUT2D eigenvalue weighted by Gasteiger charge is -2.21. The zero-order valence-electron chi connectivity index (χ0n) is 14.4. The monoisotopic (exact) mass is 356 g/mol. The first-order chi connectivity index (χ1) is 12.7. The fourth-order valence-corrected chi connectivity index (χ4v) is 2.86. The Morgan fingerprint density at radius 3 is 2.69 bits per heavy atom. The number of hydrogen-bond acceptors (Lipinski definition) is 6. The molecule has 1 aromatic carbocycles. The summed E-state index contributed by atoms with van der Waals surface area (Å²) >= 11 is 0. The lowest BCUT2D eigenvalue weighted by atomic mass is 10.2. The van der Waals surface area contributed by atoms with Crippen LogP contribution in [0.4, 0.5) is 4.79 Å². The maximum absolute atomic E-state index is 12.5. The van der Waals surface area contributed by atoms with Crippen LogP contribution in [0.1, 0.15) is 12.0 Å². The molecule has 1 amide bonds. The topological polar surface area (TPSA) is 78.0 Å². The zero-order chi connectivity index (χ0) is 18.4. The van der Waals surface area contributed by atoms with Crippen molar-refractivity contribution in [3.63, 3.8) is 0 Å². The van der Waals surface area contributed by atoms with Gasteiger partial charge in [-0.15, -0.1) is 0 Å². The van der Waals surface area contributed by atoms with Gasteiger partial charge in [0.15, 0.2) is 0 Å². The third kappa shape index (κ3) is 4.30. The number of ether oxygens (including phenoxy) is 3. The Balaban J connectivity index is 1.64. The fraction of sp³-hybridized carbons (Fsp3) is 0.316. The largest absolute Gasteiger partial charge is 0.487 e. The normalized spacial score (nSPS) is 19.0. The molecule has 2 atom stereocenters. The SMILES string of the molecule is COC(=O)[C@@H]1C[C@H](Oc2cccnc2)CN1C(=O)OCc1ccccc1. The number of rotatable bonds is 5. The molecule has 0 aliphatic carbocycles. The van der Waals surface area contributed by atoms with Crippen LogP contribution in [0.15, 0.2) is 54.9 Å². The van der Waals surface area contributed by atoms with Gasteiger partial charge < -0.3 is 14.2 Å². The molecule has 0 unspecified atom stereocenters. The van der Waals surface area contributed by atoms with Gasteiger partial charge in [-0.1, -0.05) is 30.3 Å². The van der Waals surface area contributed by atoms with E-state index in [2.05, 4.69) is 4.98 Å². The van der Waals surface area contributed by atoms with Gasteiger partial charge in [-0.3, -0.25) is 9.88 Å². The van der Waals surface area contributed by atoms with Gasteiger partial charge in [0.05, 0.1) is 19.9 Å². The van der Waals surface area contributed by atoms with Gasteiger partial charge in [-0.05, 0) is 17.7 Å². The van der Waals surface area contributed by atoms with Crippen molar-refractivity contribution in [3.05, 3.63) is 60.4 Å². The zero-order valence-corrected chi connectivity index (χ0v) is 14.4. The van der Waals surface area contributed by atoms with Crippen molar-refractivity contribution in [2.75, 3.05) is 13.7 Å². The van der Waals surface area contributed by atoms with Gasteiger partial charge in [0, 0.05) is 12.6 Å². The minimum atomic E-state index is -0.732. The van der Waals surface area contributed by atoms with Crippen molar-refractivity contribution in [2.45, 2.75) is 25.2 Å². The maximum atomic E-state index is 12.5. The van der Waals surface area contributed by atoms with Crippen LogP contribution in [0, 0.1) is 0 Å². The van der Waals surface area contributed by atoms with E-state index in [9.17, 15) is 9.59 Å². The van der Waals surface area contributed by atoms with Crippen molar-refractivity contribution in [2.24, 2.45) is 0 Å². The van der Waals surface area contributed by atoms with Gasteiger partial charge in [0.2, 0.25) is 0 Å². The van der Waals surface area contributed by atoms with E-state index in [1.807, 2.05) is 30.3 Å². The average Bonchev–Trinajstić information content (AvgIpc) is 3.11. The lowest BCUT2D eigenvalue weighted by molar-refractivity contribution is -0.145. The minimum Gasteiger partial charge on any atom is -0.487 e. The van der Waals surface area contributed by atoms with E-state index in [1.54, 1.807) is 24.5 Å². The molecule has 1 fully saturated rings. The summed E-state index contributed by atoms with van der Waals surface area (Å²) in [6, 6.07) is 12.2. The van der Waals surface area contributed by atoms with Gasteiger partial charge in [0.1, 0.15) is 24.5 Å². The molecule has 1 saturated heterocycles. The first-order valence-electron chi connectivity index (χ1n) is 8.29. The van der Waals surface area contributed by atoms with E-state index >= 15 is 0 Å². The fourth-order valence-electron chi connectivity index (χ4n) is 2.86. The molecule has 0 N–H and O–H groups in total. The molecule has 2 aromatic rings. The molecule has 26 heavy (non-hydrogen) atoms. The number of methoxy groups -OCH3 is 1. The van der Waals surface area contributed by atoms with Crippen molar-refractivity contribution in [3.8, 4) is 5.75 Å². The number of carbonyl (C=O) groups is 2. The molecule has 0 saturated carbocycles. The molecule has 1 aromatic heterocycles. The lowest BCUT2D eigenvalue weighted by Crippen LogP contribution is -2.41. The second-order valence-electron chi connectivity index (χ2n) is 5.90. The van der Waals surface area contributed by atoms with E-state index < -0.39 is 18.1 Å². The summed E-state index contributed by atoms with van der Waals surface area (Å²) in [6.07, 6.45) is 2.66. The van der Waals surface area contributed by atoms with Crippen LogP contribution in [0.3, 0.4) is 0 Å². The molecule has 3 rings (SSSR count). The van der Waals surface area contributed by atoms with Crippen molar-refractivity contribution >= 4 is 12.1 Å². The molecule has 1 aliphatic heterocycles. The van der Waals surface area contributed by atoms with Gasteiger partial charge in [-0.25, -0.2) is 9.59 Å². The number of benzene rings is 1. The van der Waals surface area contributed by atoms with Crippen LogP contribution in [-0.2, 0) is 20.9 Å².